The number of ether oxygens (including phenoxy) is 1. The van der Waals surface area contributed by atoms with E-state index in [4.69, 9.17) is 0 Å². The molecule has 0 bridgehead atoms. The van der Waals surface area contributed by atoms with Gasteiger partial charge in [0.1, 0.15) is 28.9 Å². The Morgan fingerprint density at radius 2 is 1.06 bits per heavy atom. The first kappa shape index (κ1) is 23.1. The molecule has 0 heterocycles. The van der Waals surface area contributed by atoms with Crippen molar-refractivity contribution in [2.75, 3.05) is 0 Å². The number of hydrogen-bond donors (Lipinski definition) is 0. The summed E-state index contributed by atoms with van der Waals surface area (Å²) in [6.45, 7) is -2.84. The third kappa shape index (κ3) is 5.20. The van der Waals surface area contributed by atoms with E-state index >= 15 is 0 Å². The summed E-state index contributed by atoms with van der Waals surface area (Å²) in [6, 6.07) is 38.5. The Labute approximate surface area is 192 Å². The topological polar surface area (TPSA) is 9.23 Å². The molecule has 31 heavy (non-hydrogen) atoms. The molecule has 0 saturated heterocycles. The van der Waals surface area contributed by atoms with Crippen LogP contribution in [0.15, 0.2) is 115 Å². The van der Waals surface area contributed by atoms with Crippen LogP contribution in [-0.2, 0) is 6.16 Å². The number of rotatable bonds is 7. The molecule has 0 radical (unpaired) electrons. The molecular weight excluding hydrogens is 477 g/mol. The van der Waals surface area contributed by atoms with Gasteiger partial charge in [-0.05, 0) is 54.1 Å². The second kappa shape index (κ2) is 10.7. The molecular formula is C26H22BrF2OP. The molecule has 0 aliphatic rings. The summed E-state index contributed by atoms with van der Waals surface area (Å²) < 4.78 is 30.2. The van der Waals surface area contributed by atoms with Gasteiger partial charge in [0.05, 0.1) is 6.16 Å². The van der Waals surface area contributed by atoms with E-state index in [1.54, 1.807) is 18.2 Å². The molecule has 5 heteroatoms. The predicted molar refractivity (Wildman–Crippen MR) is 122 cm³/mol. The number of alkyl halides is 2. The first-order valence-corrected chi connectivity index (χ1v) is 11.7. The summed E-state index contributed by atoms with van der Waals surface area (Å²) in [5, 5.41) is 3.76. The molecule has 0 fully saturated rings. The standard InChI is InChI=1S/C26H22F2OP.BrH/c27-26(28)29-22-12-10-11-21(19-22)20-30(23-13-4-1-5-14-23,24-15-6-2-7-16-24)25-17-8-3-9-18-25;/h1-19,26H,20H2;1H/q+1;/p-1. The number of halogens is 3. The summed E-state index contributed by atoms with van der Waals surface area (Å²) in [5.74, 6) is 0.190. The van der Waals surface area contributed by atoms with Gasteiger partial charge < -0.3 is 21.7 Å². The van der Waals surface area contributed by atoms with Crippen LogP contribution in [-0.4, -0.2) is 6.61 Å². The van der Waals surface area contributed by atoms with E-state index in [9.17, 15) is 8.78 Å². The van der Waals surface area contributed by atoms with Crippen LogP contribution in [0.1, 0.15) is 5.56 Å². The maximum Gasteiger partial charge on any atom is 0.387 e. The van der Waals surface area contributed by atoms with Crippen molar-refractivity contribution in [3.05, 3.63) is 121 Å². The van der Waals surface area contributed by atoms with Crippen molar-refractivity contribution in [2.24, 2.45) is 0 Å². The Kier molecular flexibility index (Phi) is 7.95. The maximum absolute atomic E-state index is 12.8. The van der Waals surface area contributed by atoms with Crippen LogP contribution in [0.2, 0.25) is 0 Å². The Bertz CT molecular complexity index is 979. The third-order valence-corrected chi connectivity index (χ3v) is 9.51. The van der Waals surface area contributed by atoms with E-state index in [-0.39, 0.29) is 22.7 Å². The van der Waals surface area contributed by atoms with E-state index in [0.717, 1.165) is 5.56 Å². The molecule has 0 aliphatic carbocycles. The summed E-state index contributed by atoms with van der Waals surface area (Å²) in [4.78, 5) is 0. The van der Waals surface area contributed by atoms with Gasteiger partial charge in [0.2, 0.25) is 0 Å². The SMILES string of the molecule is FC(F)Oc1cccc(C[P+](c2ccccc2)(c2ccccc2)c2ccccc2)c1.[Br-]. The highest BCUT2D eigenvalue weighted by Gasteiger charge is 2.45. The fourth-order valence-electron chi connectivity index (χ4n) is 3.86. The molecule has 0 aliphatic heterocycles. The zero-order valence-corrected chi connectivity index (χ0v) is 19.2. The predicted octanol–water partition coefficient (Wildman–Crippen LogP) is 2.79. The highest BCUT2D eigenvalue weighted by Crippen LogP contribution is 2.58. The lowest BCUT2D eigenvalue weighted by atomic mass is 10.2. The number of hydrogen-bond acceptors (Lipinski definition) is 1. The Morgan fingerprint density at radius 3 is 1.48 bits per heavy atom. The minimum Gasteiger partial charge on any atom is -1.00 e. The van der Waals surface area contributed by atoms with Crippen molar-refractivity contribution < 1.29 is 30.5 Å². The van der Waals surface area contributed by atoms with Gasteiger partial charge in [-0.15, -0.1) is 0 Å². The normalized spacial score (nSPS) is 11.1. The molecule has 158 valence electrons. The average Bonchev–Trinajstić information content (AvgIpc) is 2.79. The second-order valence-corrected chi connectivity index (χ2v) is 10.5. The molecule has 4 aromatic carbocycles. The van der Waals surface area contributed by atoms with Crippen molar-refractivity contribution in [3.63, 3.8) is 0 Å². The maximum atomic E-state index is 12.8. The van der Waals surface area contributed by atoms with Crippen molar-refractivity contribution in [1.82, 2.24) is 0 Å². The highest BCUT2D eigenvalue weighted by molar-refractivity contribution is 7.95. The van der Waals surface area contributed by atoms with Gasteiger partial charge in [-0.2, -0.15) is 8.78 Å². The van der Waals surface area contributed by atoms with Gasteiger partial charge in [-0.3, -0.25) is 0 Å². The second-order valence-electron chi connectivity index (χ2n) is 7.00. The summed E-state index contributed by atoms with van der Waals surface area (Å²) in [5.41, 5.74) is 0.970. The van der Waals surface area contributed by atoms with E-state index in [2.05, 4.69) is 77.5 Å². The van der Waals surface area contributed by atoms with Crippen molar-refractivity contribution >= 4 is 23.2 Å². The third-order valence-electron chi connectivity index (χ3n) is 5.13. The monoisotopic (exact) mass is 498 g/mol. The van der Waals surface area contributed by atoms with E-state index in [0.29, 0.717) is 6.16 Å². The van der Waals surface area contributed by atoms with Crippen LogP contribution in [0.4, 0.5) is 8.78 Å². The molecule has 4 aromatic rings. The summed E-state index contributed by atoms with van der Waals surface area (Å²) in [7, 11) is -2.07. The molecule has 0 spiro atoms. The zero-order chi connectivity index (χ0) is 20.8. The van der Waals surface area contributed by atoms with Crippen LogP contribution in [0, 0.1) is 0 Å². The van der Waals surface area contributed by atoms with Crippen LogP contribution in [0.3, 0.4) is 0 Å². The number of benzene rings is 4. The molecule has 0 atom stereocenters. The highest BCUT2D eigenvalue weighted by atomic mass is 79.9. The van der Waals surface area contributed by atoms with Gasteiger partial charge in [-0.25, -0.2) is 0 Å². The first-order valence-electron chi connectivity index (χ1n) is 9.77. The molecule has 4 rings (SSSR count). The molecule has 0 aromatic heterocycles. The minimum atomic E-state index is -2.84. The van der Waals surface area contributed by atoms with E-state index in [1.807, 2.05) is 24.3 Å². The van der Waals surface area contributed by atoms with Crippen molar-refractivity contribution in [2.45, 2.75) is 12.8 Å². The Balaban J connectivity index is 0.00000272. The van der Waals surface area contributed by atoms with Gasteiger partial charge >= 0.3 is 6.61 Å². The van der Waals surface area contributed by atoms with E-state index < -0.39 is 13.9 Å². The van der Waals surface area contributed by atoms with Crippen molar-refractivity contribution in [3.8, 4) is 5.75 Å². The van der Waals surface area contributed by atoms with Crippen molar-refractivity contribution in [1.29, 1.82) is 0 Å². The van der Waals surface area contributed by atoms with Gasteiger partial charge in [0, 0.05) is 0 Å². The van der Waals surface area contributed by atoms with Gasteiger partial charge in [0.25, 0.3) is 0 Å². The Hall–Kier alpha value is -2.55. The first-order chi connectivity index (χ1) is 14.7. The van der Waals surface area contributed by atoms with E-state index in [1.165, 1.54) is 15.9 Å². The molecule has 0 amide bonds. The Morgan fingerprint density at radius 1 is 0.613 bits per heavy atom. The largest absolute Gasteiger partial charge is 1.00 e. The van der Waals surface area contributed by atoms with Crippen LogP contribution in [0.25, 0.3) is 0 Å². The minimum absolute atomic E-state index is 0. The van der Waals surface area contributed by atoms with Crippen LogP contribution >= 0.6 is 7.26 Å². The average molecular weight is 499 g/mol. The van der Waals surface area contributed by atoms with Crippen LogP contribution in [0.5, 0.6) is 5.75 Å². The summed E-state index contributed by atoms with van der Waals surface area (Å²) >= 11 is 0. The van der Waals surface area contributed by atoms with Crippen LogP contribution < -0.4 is 37.6 Å². The smallest absolute Gasteiger partial charge is 0.387 e. The summed E-state index contributed by atoms with van der Waals surface area (Å²) in [6.07, 6.45) is 0.714. The molecule has 0 unspecified atom stereocenters. The molecule has 1 nitrogen and oxygen atoms in total. The quantitative estimate of drug-likeness (QED) is 0.356. The van der Waals surface area contributed by atoms with Gasteiger partial charge in [-0.1, -0.05) is 66.7 Å². The lowest BCUT2D eigenvalue weighted by molar-refractivity contribution is -0.0498. The zero-order valence-electron chi connectivity index (χ0n) is 16.7. The lowest BCUT2D eigenvalue weighted by Gasteiger charge is -2.28. The lowest BCUT2D eigenvalue weighted by Crippen LogP contribution is -3.00. The molecule has 0 saturated carbocycles. The fourth-order valence-corrected chi connectivity index (χ4v) is 8.09. The fraction of sp³-hybridized carbons (Fsp3) is 0.0769. The molecule has 0 N–H and O–H groups in total. The van der Waals surface area contributed by atoms with Gasteiger partial charge in [0.15, 0.2) is 0 Å².